The fourth-order valence-corrected chi connectivity index (χ4v) is 5.64. The van der Waals surface area contributed by atoms with Gasteiger partial charge in [-0.25, -0.2) is 0 Å². The van der Waals surface area contributed by atoms with Crippen LogP contribution in [0.15, 0.2) is 59.0 Å². The van der Waals surface area contributed by atoms with E-state index < -0.39 is 6.04 Å². The average molecular weight is 474 g/mol. The molecule has 2 aliphatic carbocycles. The Bertz CT molecular complexity index is 1140. The van der Waals surface area contributed by atoms with Gasteiger partial charge in [0.25, 0.3) is 11.8 Å². The van der Waals surface area contributed by atoms with Crippen molar-refractivity contribution in [2.45, 2.75) is 82.8 Å². The summed E-state index contributed by atoms with van der Waals surface area (Å²) < 4.78 is 5.99. The van der Waals surface area contributed by atoms with Crippen LogP contribution in [0.1, 0.15) is 85.8 Å². The molecule has 6 heteroatoms. The molecule has 3 aromatic rings. The SMILES string of the molecule is Cc1ccc(C(C(=O)NC2CCCCC2)N(C(=O)c2ccc(-c3ccccc3)[nH]2)C2CCCC2)o1. The van der Waals surface area contributed by atoms with Crippen LogP contribution in [0, 0.1) is 6.92 Å². The molecule has 0 saturated heterocycles. The van der Waals surface area contributed by atoms with Crippen molar-refractivity contribution in [1.29, 1.82) is 0 Å². The van der Waals surface area contributed by atoms with Gasteiger partial charge in [-0.1, -0.05) is 62.4 Å². The van der Waals surface area contributed by atoms with Gasteiger partial charge in [0.1, 0.15) is 17.2 Å². The predicted octanol–water partition coefficient (Wildman–Crippen LogP) is 6.16. The number of carbonyl (C=O) groups excluding carboxylic acids is 2. The number of hydrogen-bond donors (Lipinski definition) is 2. The van der Waals surface area contributed by atoms with Gasteiger partial charge in [-0.05, 0) is 62.4 Å². The largest absolute Gasteiger partial charge is 0.464 e. The van der Waals surface area contributed by atoms with Gasteiger partial charge in [-0.2, -0.15) is 0 Å². The Kier molecular flexibility index (Phi) is 7.07. The number of amides is 2. The molecule has 2 heterocycles. The smallest absolute Gasteiger partial charge is 0.271 e. The first-order valence-electron chi connectivity index (χ1n) is 13.0. The molecule has 1 unspecified atom stereocenters. The summed E-state index contributed by atoms with van der Waals surface area (Å²) in [6.45, 7) is 1.87. The number of aromatic amines is 1. The third-order valence-corrected chi connectivity index (χ3v) is 7.46. The Morgan fingerprint density at radius 1 is 0.914 bits per heavy atom. The van der Waals surface area contributed by atoms with E-state index in [-0.39, 0.29) is 23.9 Å². The molecule has 1 aromatic carbocycles. The summed E-state index contributed by atoms with van der Waals surface area (Å²) in [5.74, 6) is 0.977. The zero-order valence-corrected chi connectivity index (χ0v) is 20.5. The second-order valence-corrected chi connectivity index (χ2v) is 10.00. The van der Waals surface area contributed by atoms with Crippen molar-refractivity contribution >= 4 is 11.8 Å². The van der Waals surface area contributed by atoms with Gasteiger partial charge >= 0.3 is 0 Å². The first-order valence-corrected chi connectivity index (χ1v) is 13.0. The van der Waals surface area contributed by atoms with Crippen molar-refractivity contribution in [2.24, 2.45) is 0 Å². The summed E-state index contributed by atoms with van der Waals surface area (Å²) in [6, 6.07) is 16.8. The van der Waals surface area contributed by atoms with E-state index in [2.05, 4.69) is 10.3 Å². The third kappa shape index (κ3) is 5.21. The highest BCUT2D eigenvalue weighted by Gasteiger charge is 2.40. The second kappa shape index (κ2) is 10.5. The minimum atomic E-state index is -0.787. The molecule has 5 rings (SSSR count). The van der Waals surface area contributed by atoms with Crippen LogP contribution in [0.4, 0.5) is 0 Å². The standard InChI is InChI=1S/C29H35N3O3/c1-20-16-19-26(35-20)27(28(33)30-22-12-6-3-7-13-22)32(23-14-8-9-15-23)29(34)25-18-17-24(31-25)21-10-4-2-5-11-21/h2,4-5,10-11,16-19,22-23,27,31H,3,6-9,12-15H2,1H3,(H,30,33). The minimum Gasteiger partial charge on any atom is -0.464 e. The number of rotatable bonds is 7. The van der Waals surface area contributed by atoms with Crippen molar-refractivity contribution in [3.63, 3.8) is 0 Å². The molecule has 35 heavy (non-hydrogen) atoms. The summed E-state index contributed by atoms with van der Waals surface area (Å²) in [6.07, 6.45) is 9.36. The van der Waals surface area contributed by atoms with E-state index in [1.807, 2.05) is 61.5 Å². The number of aryl methyl sites for hydroxylation is 1. The molecule has 2 N–H and O–H groups in total. The van der Waals surface area contributed by atoms with Gasteiger partial charge in [0.05, 0.1) is 0 Å². The predicted molar refractivity (Wildman–Crippen MR) is 136 cm³/mol. The number of furan rings is 1. The van der Waals surface area contributed by atoms with Crippen LogP contribution < -0.4 is 5.32 Å². The van der Waals surface area contributed by atoms with Gasteiger partial charge < -0.3 is 19.6 Å². The molecule has 2 aliphatic rings. The lowest BCUT2D eigenvalue weighted by Crippen LogP contribution is -2.50. The Labute approximate surface area is 207 Å². The Hall–Kier alpha value is -3.28. The maximum Gasteiger partial charge on any atom is 0.271 e. The van der Waals surface area contributed by atoms with Crippen LogP contribution in [-0.2, 0) is 4.79 Å². The van der Waals surface area contributed by atoms with Crippen LogP contribution in [0.25, 0.3) is 11.3 Å². The minimum absolute atomic E-state index is 0.00140. The summed E-state index contributed by atoms with van der Waals surface area (Å²) in [5, 5.41) is 3.27. The molecule has 2 saturated carbocycles. The van der Waals surface area contributed by atoms with Crippen LogP contribution >= 0.6 is 0 Å². The first kappa shape index (κ1) is 23.5. The van der Waals surface area contributed by atoms with E-state index >= 15 is 0 Å². The van der Waals surface area contributed by atoms with E-state index in [1.165, 1.54) is 6.42 Å². The third-order valence-electron chi connectivity index (χ3n) is 7.46. The van der Waals surface area contributed by atoms with Gasteiger partial charge in [-0.15, -0.1) is 0 Å². The maximum absolute atomic E-state index is 14.1. The normalized spacial score (nSPS) is 17.9. The van der Waals surface area contributed by atoms with E-state index in [4.69, 9.17) is 4.42 Å². The number of benzene rings is 1. The molecule has 0 spiro atoms. The fourth-order valence-electron chi connectivity index (χ4n) is 5.64. The Morgan fingerprint density at radius 3 is 2.31 bits per heavy atom. The number of nitrogens with one attached hydrogen (secondary N) is 2. The second-order valence-electron chi connectivity index (χ2n) is 10.00. The molecule has 2 amide bonds. The molecule has 1 atom stereocenters. The van der Waals surface area contributed by atoms with E-state index in [9.17, 15) is 9.59 Å². The molecule has 0 aliphatic heterocycles. The highest BCUT2D eigenvalue weighted by Crippen LogP contribution is 2.34. The highest BCUT2D eigenvalue weighted by molar-refractivity contribution is 5.97. The molecule has 184 valence electrons. The van der Waals surface area contributed by atoms with Crippen molar-refractivity contribution in [3.05, 3.63) is 71.8 Å². The van der Waals surface area contributed by atoms with E-state index in [1.54, 1.807) is 4.90 Å². The molecule has 6 nitrogen and oxygen atoms in total. The van der Waals surface area contributed by atoms with Crippen molar-refractivity contribution < 1.29 is 14.0 Å². The zero-order chi connectivity index (χ0) is 24.2. The summed E-state index contributed by atoms with van der Waals surface area (Å²) in [4.78, 5) is 33.0. The van der Waals surface area contributed by atoms with E-state index in [0.29, 0.717) is 11.5 Å². The van der Waals surface area contributed by atoms with Gasteiger partial charge in [-0.3, -0.25) is 9.59 Å². The fraction of sp³-hybridized carbons (Fsp3) is 0.448. The van der Waals surface area contributed by atoms with Gasteiger partial charge in [0.2, 0.25) is 0 Å². The number of carbonyl (C=O) groups is 2. The first-order chi connectivity index (χ1) is 17.1. The highest BCUT2D eigenvalue weighted by atomic mass is 16.3. The van der Waals surface area contributed by atoms with Gasteiger partial charge in [0, 0.05) is 17.8 Å². The number of aromatic nitrogens is 1. The Morgan fingerprint density at radius 2 is 1.63 bits per heavy atom. The molecule has 0 radical (unpaired) electrons. The Balaban J connectivity index is 1.48. The van der Waals surface area contributed by atoms with Crippen molar-refractivity contribution in [1.82, 2.24) is 15.2 Å². The summed E-state index contributed by atoms with van der Waals surface area (Å²) >= 11 is 0. The molecule has 2 aromatic heterocycles. The van der Waals surface area contributed by atoms with Crippen LogP contribution in [0.5, 0.6) is 0 Å². The lowest BCUT2D eigenvalue weighted by molar-refractivity contribution is -0.128. The van der Waals surface area contributed by atoms with Crippen molar-refractivity contribution in [3.8, 4) is 11.3 Å². The summed E-state index contributed by atoms with van der Waals surface area (Å²) in [7, 11) is 0. The van der Waals surface area contributed by atoms with Gasteiger partial charge in [0.15, 0.2) is 6.04 Å². The molecular weight excluding hydrogens is 438 g/mol. The molecular formula is C29H35N3O3. The zero-order valence-electron chi connectivity index (χ0n) is 20.5. The maximum atomic E-state index is 14.1. The molecule has 0 bridgehead atoms. The summed E-state index contributed by atoms with van der Waals surface area (Å²) in [5.41, 5.74) is 2.40. The quantitative estimate of drug-likeness (QED) is 0.431. The van der Waals surface area contributed by atoms with Crippen LogP contribution in [-0.4, -0.2) is 33.8 Å². The average Bonchev–Trinajstić information content (AvgIpc) is 3.65. The molecule has 2 fully saturated rings. The monoisotopic (exact) mass is 473 g/mol. The lowest BCUT2D eigenvalue weighted by atomic mass is 9.95. The number of nitrogens with zero attached hydrogens (tertiary/aromatic N) is 1. The van der Waals surface area contributed by atoms with Crippen LogP contribution in [0.3, 0.4) is 0 Å². The van der Waals surface area contributed by atoms with Crippen LogP contribution in [0.2, 0.25) is 0 Å². The topological polar surface area (TPSA) is 78.3 Å². The number of hydrogen-bond acceptors (Lipinski definition) is 3. The van der Waals surface area contributed by atoms with Crippen molar-refractivity contribution in [2.75, 3.05) is 0 Å². The van der Waals surface area contributed by atoms with E-state index in [0.717, 1.165) is 68.4 Å². The number of H-pyrrole nitrogens is 1. The lowest BCUT2D eigenvalue weighted by Gasteiger charge is -2.35.